The number of aryl methyl sites for hydroxylation is 2. The molecule has 1 heterocycles. The van der Waals surface area contributed by atoms with Crippen LogP contribution in [-0.2, 0) is 16.1 Å². The molecular weight excluding hydrogens is 440 g/mol. The van der Waals surface area contributed by atoms with Gasteiger partial charge >= 0.3 is 0 Å². The zero-order chi connectivity index (χ0) is 25.0. The van der Waals surface area contributed by atoms with E-state index in [9.17, 15) is 4.79 Å². The molecule has 0 saturated carbocycles. The highest BCUT2D eigenvalue weighted by Gasteiger charge is 2.32. The van der Waals surface area contributed by atoms with Crippen molar-refractivity contribution in [3.8, 4) is 22.6 Å². The second-order valence-corrected chi connectivity index (χ2v) is 9.59. The molecule has 1 aliphatic rings. The Morgan fingerprint density at radius 3 is 2.31 bits per heavy atom. The first-order valence-electron chi connectivity index (χ1n) is 12.1. The lowest BCUT2D eigenvalue weighted by Crippen LogP contribution is -2.22. The fourth-order valence-corrected chi connectivity index (χ4v) is 4.56. The molecule has 3 aromatic rings. The van der Waals surface area contributed by atoms with Crippen LogP contribution in [0.3, 0.4) is 0 Å². The Morgan fingerprint density at radius 1 is 0.971 bits per heavy atom. The van der Waals surface area contributed by atoms with Crippen molar-refractivity contribution < 1.29 is 23.7 Å². The van der Waals surface area contributed by atoms with Crippen LogP contribution in [0.2, 0.25) is 0 Å². The summed E-state index contributed by atoms with van der Waals surface area (Å²) >= 11 is 0. The molecule has 1 fully saturated rings. The molecule has 184 valence electrons. The zero-order valence-corrected chi connectivity index (χ0v) is 21.2. The first-order chi connectivity index (χ1) is 16.8. The maximum Gasteiger partial charge on any atom is 0.163 e. The lowest BCUT2D eigenvalue weighted by molar-refractivity contribution is -0.139. The second kappa shape index (κ2) is 10.6. The highest BCUT2D eigenvalue weighted by molar-refractivity contribution is 5.76. The third kappa shape index (κ3) is 6.11. The van der Waals surface area contributed by atoms with E-state index in [1.54, 1.807) is 12.1 Å². The van der Waals surface area contributed by atoms with Gasteiger partial charge in [-0.3, -0.25) is 4.79 Å². The minimum absolute atomic E-state index is 0.0713. The smallest absolute Gasteiger partial charge is 0.163 e. The number of ether oxygens (including phenoxy) is 4. The zero-order valence-electron chi connectivity index (χ0n) is 21.2. The molecule has 0 radical (unpaired) electrons. The molecule has 4 rings (SSSR count). The van der Waals surface area contributed by atoms with Gasteiger partial charge in [0, 0.05) is 12.0 Å². The Hall–Kier alpha value is -3.15. The standard InChI is InChI=1S/C30H34O5/c1-20-15-27(32-14-13-26-19-34-30(4,5)35-26)16-21(2)29(20)28-8-6-7-24(22(28)3)18-33-25-11-9-23(17-31)10-12-25/h6-12,15-17,26H,13-14,18-19H2,1-5H3/t26-/m1/s1. The molecule has 0 aromatic heterocycles. The predicted molar refractivity (Wildman–Crippen MR) is 137 cm³/mol. The second-order valence-electron chi connectivity index (χ2n) is 9.59. The molecule has 0 N–H and O–H groups in total. The Labute approximate surface area is 208 Å². The highest BCUT2D eigenvalue weighted by Crippen LogP contribution is 2.34. The number of hydrogen-bond donors (Lipinski definition) is 0. The molecule has 0 aliphatic carbocycles. The lowest BCUT2D eigenvalue weighted by Gasteiger charge is -2.19. The topological polar surface area (TPSA) is 54.0 Å². The molecule has 5 nitrogen and oxygen atoms in total. The Morgan fingerprint density at radius 2 is 1.69 bits per heavy atom. The van der Waals surface area contributed by atoms with Gasteiger partial charge in [0.1, 0.15) is 24.4 Å². The summed E-state index contributed by atoms with van der Waals surface area (Å²) in [6, 6.07) is 17.7. The normalized spacial score (nSPS) is 16.8. The summed E-state index contributed by atoms with van der Waals surface area (Å²) in [4.78, 5) is 10.9. The Balaban J connectivity index is 1.44. The van der Waals surface area contributed by atoms with E-state index >= 15 is 0 Å². The maximum atomic E-state index is 10.9. The van der Waals surface area contributed by atoms with Crippen LogP contribution >= 0.6 is 0 Å². The molecule has 35 heavy (non-hydrogen) atoms. The summed E-state index contributed by atoms with van der Waals surface area (Å²) in [7, 11) is 0. The summed E-state index contributed by atoms with van der Waals surface area (Å²) in [6.45, 7) is 11.9. The van der Waals surface area contributed by atoms with Gasteiger partial charge in [0.25, 0.3) is 0 Å². The minimum atomic E-state index is -0.502. The highest BCUT2D eigenvalue weighted by atomic mass is 16.7. The number of carbonyl (C=O) groups excluding carboxylic acids is 1. The van der Waals surface area contributed by atoms with Crippen LogP contribution in [-0.4, -0.2) is 31.4 Å². The molecule has 0 unspecified atom stereocenters. The van der Waals surface area contributed by atoms with Crippen LogP contribution in [0, 0.1) is 20.8 Å². The molecule has 0 spiro atoms. The summed E-state index contributed by atoms with van der Waals surface area (Å²) in [6.07, 6.45) is 1.70. The lowest BCUT2D eigenvalue weighted by atomic mass is 9.90. The third-order valence-electron chi connectivity index (χ3n) is 6.41. The molecule has 5 heteroatoms. The van der Waals surface area contributed by atoms with Gasteiger partial charge in [-0.05, 0) is 104 Å². The van der Waals surface area contributed by atoms with Gasteiger partial charge in [0.05, 0.1) is 19.3 Å². The first-order valence-corrected chi connectivity index (χ1v) is 12.1. The molecule has 1 aliphatic heterocycles. The van der Waals surface area contributed by atoms with E-state index in [-0.39, 0.29) is 6.10 Å². The first kappa shape index (κ1) is 25.0. The van der Waals surface area contributed by atoms with E-state index in [1.165, 1.54) is 27.8 Å². The van der Waals surface area contributed by atoms with Crippen LogP contribution < -0.4 is 9.47 Å². The monoisotopic (exact) mass is 474 g/mol. The van der Waals surface area contributed by atoms with Crippen molar-refractivity contribution in [3.05, 3.63) is 82.4 Å². The van der Waals surface area contributed by atoms with Crippen LogP contribution in [0.4, 0.5) is 0 Å². The van der Waals surface area contributed by atoms with Crippen molar-refractivity contribution in [1.82, 2.24) is 0 Å². The summed E-state index contributed by atoms with van der Waals surface area (Å²) in [5.41, 5.74) is 7.72. The Bertz CT molecular complexity index is 1160. The van der Waals surface area contributed by atoms with Crippen molar-refractivity contribution in [2.24, 2.45) is 0 Å². The molecule has 0 amide bonds. The van der Waals surface area contributed by atoms with Crippen molar-refractivity contribution in [2.45, 2.75) is 59.5 Å². The predicted octanol–water partition coefficient (Wildman–Crippen LogP) is 6.59. The van der Waals surface area contributed by atoms with Gasteiger partial charge in [-0.15, -0.1) is 0 Å². The van der Waals surface area contributed by atoms with Crippen molar-refractivity contribution in [1.29, 1.82) is 0 Å². The van der Waals surface area contributed by atoms with E-state index in [1.807, 2.05) is 26.0 Å². The molecular formula is C30H34O5. The SMILES string of the molecule is Cc1cc(OCC[C@@H]2COC(C)(C)O2)cc(C)c1-c1cccc(COc2ccc(C=O)cc2)c1C. The van der Waals surface area contributed by atoms with Crippen molar-refractivity contribution in [3.63, 3.8) is 0 Å². The largest absolute Gasteiger partial charge is 0.493 e. The fourth-order valence-electron chi connectivity index (χ4n) is 4.56. The van der Waals surface area contributed by atoms with E-state index < -0.39 is 5.79 Å². The molecule has 1 atom stereocenters. The van der Waals surface area contributed by atoms with E-state index in [0.29, 0.717) is 25.4 Å². The van der Waals surface area contributed by atoms with E-state index in [0.717, 1.165) is 29.8 Å². The number of benzene rings is 3. The number of hydrogen-bond acceptors (Lipinski definition) is 5. The van der Waals surface area contributed by atoms with Gasteiger partial charge in [-0.1, -0.05) is 18.2 Å². The van der Waals surface area contributed by atoms with Gasteiger partial charge in [-0.2, -0.15) is 0 Å². The maximum absolute atomic E-state index is 10.9. The summed E-state index contributed by atoms with van der Waals surface area (Å²) in [5, 5.41) is 0. The summed E-state index contributed by atoms with van der Waals surface area (Å²) in [5.74, 6) is 1.11. The van der Waals surface area contributed by atoms with Gasteiger partial charge in [0.15, 0.2) is 5.79 Å². The average Bonchev–Trinajstić information content (AvgIpc) is 3.17. The number of aldehydes is 1. The van der Waals surface area contributed by atoms with Gasteiger partial charge in [-0.25, -0.2) is 0 Å². The number of rotatable bonds is 9. The fraction of sp³-hybridized carbons (Fsp3) is 0.367. The van der Waals surface area contributed by atoms with Gasteiger partial charge in [0.2, 0.25) is 0 Å². The minimum Gasteiger partial charge on any atom is -0.493 e. The van der Waals surface area contributed by atoms with Gasteiger partial charge < -0.3 is 18.9 Å². The molecule has 0 bridgehead atoms. The van der Waals surface area contributed by atoms with E-state index in [4.69, 9.17) is 18.9 Å². The average molecular weight is 475 g/mol. The van der Waals surface area contributed by atoms with Crippen molar-refractivity contribution in [2.75, 3.05) is 13.2 Å². The van der Waals surface area contributed by atoms with E-state index in [2.05, 4.69) is 51.1 Å². The quantitative estimate of drug-likeness (QED) is 0.328. The Kier molecular flexibility index (Phi) is 7.58. The molecule has 3 aromatic carbocycles. The summed E-state index contributed by atoms with van der Waals surface area (Å²) < 4.78 is 23.6. The van der Waals surface area contributed by atoms with Crippen molar-refractivity contribution >= 4 is 6.29 Å². The van der Waals surface area contributed by atoms with Crippen LogP contribution in [0.1, 0.15) is 52.9 Å². The van der Waals surface area contributed by atoms with Crippen LogP contribution in [0.25, 0.3) is 11.1 Å². The third-order valence-corrected chi connectivity index (χ3v) is 6.41. The number of carbonyl (C=O) groups is 1. The van der Waals surface area contributed by atoms with Crippen LogP contribution in [0.15, 0.2) is 54.6 Å². The molecule has 1 saturated heterocycles. The van der Waals surface area contributed by atoms with Crippen LogP contribution in [0.5, 0.6) is 11.5 Å².